The van der Waals surface area contributed by atoms with E-state index in [2.05, 4.69) is 0 Å². The van der Waals surface area contributed by atoms with Crippen LogP contribution in [0.15, 0.2) is 0 Å². The molecule has 0 bridgehead atoms. The van der Waals surface area contributed by atoms with Gasteiger partial charge in [0.05, 0.1) is 0 Å². The van der Waals surface area contributed by atoms with Gasteiger partial charge < -0.3 is 14.7 Å². The molecule has 0 aliphatic carbocycles. The van der Waals surface area contributed by atoms with Crippen molar-refractivity contribution in [1.82, 2.24) is 0 Å². The molecule has 0 aromatic heterocycles. The second-order valence-electron chi connectivity index (χ2n) is 0.268. The van der Waals surface area contributed by atoms with E-state index in [9.17, 15) is 0 Å². The van der Waals surface area contributed by atoms with E-state index in [1.807, 2.05) is 0 Å². The molecule has 0 saturated carbocycles. The van der Waals surface area contributed by atoms with Crippen LogP contribution < -0.4 is 0 Å². The van der Waals surface area contributed by atoms with Gasteiger partial charge in [0.25, 0.3) is 0 Å². The van der Waals surface area contributed by atoms with Gasteiger partial charge in [-0.25, -0.2) is 0 Å². The first kappa shape index (κ1) is 15.8. The summed E-state index contributed by atoms with van der Waals surface area (Å²) in [5, 5.41) is 0. The Labute approximate surface area is 90.3 Å². The number of rotatable bonds is 0. The van der Waals surface area contributed by atoms with Crippen LogP contribution in [0.2, 0.25) is 0 Å². The Morgan fingerprint density at radius 3 is 1.00 bits per heavy atom. The van der Waals surface area contributed by atoms with Crippen LogP contribution in [0, 0.1) is 0 Å². The van der Waals surface area contributed by atoms with Crippen LogP contribution in [0.4, 0.5) is 0 Å². The summed E-state index contributed by atoms with van der Waals surface area (Å²) in [6.45, 7) is 0. The van der Waals surface area contributed by atoms with Crippen LogP contribution in [0.25, 0.3) is 0 Å². The summed E-state index contributed by atoms with van der Waals surface area (Å²) in [6, 6.07) is 0. The molecule has 0 heterocycles. The predicted octanol–water partition coefficient (Wildman–Crippen LogP) is -2.64. The van der Waals surface area contributed by atoms with Gasteiger partial charge in [0.15, 0.2) is 17.4 Å². The summed E-state index contributed by atoms with van der Waals surface area (Å²) in [6.07, 6.45) is 0. The zero-order chi connectivity index (χ0) is 3.58. The zero-order valence-electron chi connectivity index (χ0n) is 1.79. The fraction of sp³-hybridized carbons (Fsp3) is 0. The molecule has 0 spiro atoms. The fourth-order valence-electron chi connectivity index (χ4n) is 0. The molecule has 0 unspecified atom stereocenters. The van der Waals surface area contributed by atoms with E-state index in [-0.39, 0.29) is 68.7 Å². The van der Waals surface area contributed by atoms with Crippen LogP contribution >= 0.6 is 8.60 Å². The summed E-state index contributed by atoms with van der Waals surface area (Å²) in [4.78, 5) is 21.7. The number of hydrogen-bond acceptors (Lipinski definition) is 3. The van der Waals surface area contributed by atoms with Crippen molar-refractivity contribution >= 4 is 77.3 Å². The van der Waals surface area contributed by atoms with Crippen molar-refractivity contribution < 1.29 is 14.7 Å². The second-order valence-corrected chi connectivity index (χ2v) is 0.805. The summed E-state index contributed by atoms with van der Waals surface area (Å²) < 4.78 is 0. The minimum absolute atomic E-state index is 0. The standard InChI is InChI=1S/Al.K.H3O3P.4H/c;;1-4(2)3;;;;/h;;1-3H;;;;. The molecule has 6 heavy (non-hydrogen) atoms. The normalized spacial score (nSPS) is 6.00. The Morgan fingerprint density at radius 2 is 1.00 bits per heavy atom. The minimum atomic E-state index is -2.62. The van der Waals surface area contributed by atoms with Gasteiger partial charge in [0.1, 0.15) is 0 Å². The van der Waals surface area contributed by atoms with Gasteiger partial charge in [0.2, 0.25) is 0 Å². The van der Waals surface area contributed by atoms with Crippen molar-refractivity contribution in [2.75, 3.05) is 0 Å². The average molecular weight is 152 g/mol. The topological polar surface area (TPSA) is 60.7 Å². The van der Waals surface area contributed by atoms with Crippen LogP contribution in [0.1, 0.15) is 0 Å². The van der Waals surface area contributed by atoms with E-state index in [1.165, 1.54) is 0 Å². The third-order valence-corrected chi connectivity index (χ3v) is 0. The Bertz CT molecular complexity index is 15.5. The van der Waals surface area contributed by atoms with E-state index in [0.717, 1.165) is 0 Å². The monoisotopic (exact) mass is 152 g/mol. The maximum atomic E-state index is 7.23. The third-order valence-electron chi connectivity index (χ3n) is 0. The first-order chi connectivity index (χ1) is 1.73. The predicted molar refractivity (Wildman–Crippen MR) is 30.7 cm³/mol. The van der Waals surface area contributed by atoms with Crippen molar-refractivity contribution in [3.05, 3.63) is 0 Å². The molecule has 34 valence electrons. The van der Waals surface area contributed by atoms with Crippen molar-refractivity contribution in [2.24, 2.45) is 0 Å². The van der Waals surface area contributed by atoms with Gasteiger partial charge in [-0.2, -0.15) is 0 Å². The van der Waals surface area contributed by atoms with Gasteiger partial charge in [0, 0.05) is 0 Å². The molecular weight excluding hydrogens is 145 g/mol. The van der Waals surface area contributed by atoms with Gasteiger partial charge >= 0.3 is 60.0 Å². The summed E-state index contributed by atoms with van der Waals surface area (Å²) >= 11 is 0. The third kappa shape index (κ3) is 31.7. The van der Waals surface area contributed by atoms with Gasteiger partial charge in [-0.1, -0.05) is 0 Å². The molecule has 0 aromatic carbocycles. The summed E-state index contributed by atoms with van der Waals surface area (Å²) in [7, 11) is -2.62. The first-order valence-corrected chi connectivity index (χ1v) is 1.80. The summed E-state index contributed by atoms with van der Waals surface area (Å²) in [5.41, 5.74) is 0. The van der Waals surface area contributed by atoms with E-state index in [4.69, 9.17) is 14.7 Å². The summed E-state index contributed by atoms with van der Waals surface area (Å²) in [5.74, 6) is 0. The van der Waals surface area contributed by atoms with Crippen molar-refractivity contribution in [3.8, 4) is 0 Å². The maximum absolute atomic E-state index is 7.23. The van der Waals surface area contributed by atoms with Crippen LogP contribution in [-0.2, 0) is 0 Å². The van der Waals surface area contributed by atoms with Crippen molar-refractivity contribution in [3.63, 3.8) is 0 Å². The Balaban J connectivity index is -0.0000000450. The van der Waals surface area contributed by atoms with E-state index in [1.54, 1.807) is 0 Å². The average Bonchev–Trinajstić information content (AvgIpc) is 0.811. The Kier molecular flexibility index (Phi) is 27.5. The van der Waals surface area contributed by atoms with Crippen LogP contribution in [0.3, 0.4) is 0 Å². The van der Waals surface area contributed by atoms with Gasteiger partial charge in [-0.05, 0) is 0 Å². The molecule has 0 aliphatic rings. The molecule has 3 nitrogen and oxygen atoms in total. The Hall–Kier alpha value is 2.48. The van der Waals surface area contributed by atoms with Crippen LogP contribution in [0.5, 0.6) is 0 Å². The molecule has 0 aromatic rings. The van der Waals surface area contributed by atoms with Gasteiger partial charge in [-0.3, -0.25) is 0 Å². The first-order valence-electron chi connectivity index (χ1n) is 0.600. The van der Waals surface area contributed by atoms with Crippen LogP contribution in [-0.4, -0.2) is 83.4 Å². The second kappa shape index (κ2) is 10.5. The van der Waals surface area contributed by atoms with E-state index >= 15 is 0 Å². The molecule has 3 N–H and O–H groups in total. The zero-order valence-corrected chi connectivity index (χ0v) is 2.68. The molecule has 0 rings (SSSR count). The fourth-order valence-corrected chi connectivity index (χ4v) is 0. The van der Waals surface area contributed by atoms with E-state index < -0.39 is 8.60 Å². The Morgan fingerprint density at radius 1 is 1.00 bits per heavy atom. The molecule has 6 heteroatoms. The SMILES string of the molecule is OP(O)O.[AlH3].[KH]. The molecule has 0 fully saturated rings. The molecule has 0 aliphatic heterocycles. The quantitative estimate of drug-likeness (QED) is 0.262. The van der Waals surface area contributed by atoms with E-state index in [0.29, 0.717) is 0 Å². The molecule has 0 amide bonds. The van der Waals surface area contributed by atoms with Crippen molar-refractivity contribution in [2.45, 2.75) is 0 Å². The molecule has 0 saturated heterocycles. The molecular formula is H7AlKO3P. The molecule has 0 radical (unpaired) electrons. The molecule has 0 atom stereocenters. The number of hydrogen-bond donors (Lipinski definition) is 3. The van der Waals surface area contributed by atoms with Gasteiger partial charge in [-0.15, -0.1) is 0 Å². The van der Waals surface area contributed by atoms with Crippen molar-refractivity contribution in [1.29, 1.82) is 0 Å².